The number of halogens is 3. The summed E-state index contributed by atoms with van der Waals surface area (Å²) < 4.78 is 40.4. The SMILES string of the molecule is CC1(C)[C@H]2Cc3ccccc3[C@]1(C)CCN2C(=O)N1[C@@H]2CC[C@H]1C[C@@](O)(C(F)(F)F)C2. The summed E-state index contributed by atoms with van der Waals surface area (Å²) in [6.07, 6.45) is -2.85. The number of benzene rings is 1. The maximum absolute atomic E-state index is 13.8. The van der Waals surface area contributed by atoms with Gasteiger partial charge >= 0.3 is 12.2 Å². The summed E-state index contributed by atoms with van der Waals surface area (Å²) in [4.78, 5) is 17.4. The van der Waals surface area contributed by atoms with Crippen LogP contribution in [0.2, 0.25) is 0 Å². The van der Waals surface area contributed by atoms with Crippen molar-refractivity contribution < 1.29 is 23.1 Å². The van der Waals surface area contributed by atoms with Gasteiger partial charge < -0.3 is 14.9 Å². The van der Waals surface area contributed by atoms with E-state index >= 15 is 0 Å². The standard InChI is InChI=1S/C24H31F3N2O2/c1-21(2)19-12-15-6-4-5-7-18(15)22(21,3)10-11-28(19)20(30)29-16-8-9-17(29)14-23(31,13-16)24(25,26)27/h4-7,16-17,19,31H,8-14H2,1-3H3/t16-,17+,19-,22+,23-/m1/s1. The van der Waals surface area contributed by atoms with Crippen LogP contribution in [0.5, 0.6) is 0 Å². The molecule has 5 rings (SSSR count). The average molecular weight is 437 g/mol. The third kappa shape index (κ3) is 2.74. The molecular weight excluding hydrogens is 405 g/mol. The molecule has 31 heavy (non-hydrogen) atoms. The number of hydrogen-bond donors (Lipinski definition) is 1. The highest BCUT2D eigenvalue weighted by Gasteiger charge is 2.63. The van der Waals surface area contributed by atoms with E-state index in [1.807, 2.05) is 11.0 Å². The predicted molar refractivity (Wildman–Crippen MR) is 111 cm³/mol. The molecule has 4 aliphatic rings. The summed E-state index contributed by atoms with van der Waals surface area (Å²) in [6, 6.07) is 7.20. The maximum atomic E-state index is 13.8. The molecule has 4 bridgehead atoms. The fraction of sp³-hybridized carbons (Fsp3) is 0.708. The van der Waals surface area contributed by atoms with Gasteiger partial charge in [0.05, 0.1) is 0 Å². The van der Waals surface area contributed by atoms with E-state index in [-0.39, 0.29) is 22.9 Å². The van der Waals surface area contributed by atoms with E-state index in [1.54, 1.807) is 4.90 Å². The van der Waals surface area contributed by atoms with E-state index in [1.165, 1.54) is 11.1 Å². The average Bonchev–Trinajstić information content (AvgIpc) is 2.95. The number of alkyl halides is 3. The van der Waals surface area contributed by atoms with Gasteiger partial charge in [0.1, 0.15) is 0 Å². The Bertz CT molecular complexity index is 900. The molecule has 3 heterocycles. The molecule has 1 aromatic carbocycles. The molecule has 7 heteroatoms. The van der Waals surface area contributed by atoms with Gasteiger partial charge in [0.2, 0.25) is 0 Å². The van der Waals surface area contributed by atoms with Crippen LogP contribution in [0.4, 0.5) is 18.0 Å². The highest BCUT2D eigenvalue weighted by atomic mass is 19.4. The van der Waals surface area contributed by atoms with Crippen LogP contribution in [-0.4, -0.2) is 57.4 Å². The fourth-order valence-corrected chi connectivity index (χ4v) is 7.02. The number of fused-ring (bicyclic) bond motifs is 6. The second-order valence-electron chi connectivity index (χ2n) is 10.9. The highest BCUT2D eigenvalue weighted by Crippen LogP contribution is 2.56. The first-order chi connectivity index (χ1) is 14.4. The zero-order valence-corrected chi connectivity index (χ0v) is 18.4. The molecule has 1 aromatic rings. The highest BCUT2D eigenvalue weighted by molar-refractivity contribution is 5.77. The number of rotatable bonds is 0. The lowest BCUT2D eigenvalue weighted by atomic mass is 9.51. The minimum Gasteiger partial charge on any atom is -0.380 e. The zero-order chi connectivity index (χ0) is 22.4. The van der Waals surface area contributed by atoms with Crippen LogP contribution < -0.4 is 0 Å². The number of urea groups is 1. The maximum Gasteiger partial charge on any atom is 0.417 e. The van der Waals surface area contributed by atoms with Crippen molar-refractivity contribution in [3.05, 3.63) is 35.4 Å². The topological polar surface area (TPSA) is 43.8 Å². The van der Waals surface area contributed by atoms with Crippen molar-refractivity contribution >= 4 is 6.03 Å². The van der Waals surface area contributed by atoms with Crippen LogP contribution in [0.3, 0.4) is 0 Å². The van der Waals surface area contributed by atoms with E-state index in [4.69, 9.17) is 0 Å². The monoisotopic (exact) mass is 436 g/mol. The van der Waals surface area contributed by atoms with E-state index < -0.39 is 36.7 Å². The predicted octanol–water partition coefficient (Wildman–Crippen LogP) is 4.64. The third-order valence-electron chi connectivity index (χ3n) is 9.27. The van der Waals surface area contributed by atoms with Gasteiger partial charge in [-0.25, -0.2) is 4.79 Å². The van der Waals surface area contributed by atoms with Crippen LogP contribution in [0.25, 0.3) is 0 Å². The van der Waals surface area contributed by atoms with Gasteiger partial charge in [-0.05, 0) is 42.2 Å². The van der Waals surface area contributed by atoms with E-state index in [0.717, 1.165) is 12.8 Å². The van der Waals surface area contributed by atoms with Crippen LogP contribution in [-0.2, 0) is 11.8 Å². The van der Waals surface area contributed by atoms with Gasteiger partial charge in [0.25, 0.3) is 0 Å². The zero-order valence-electron chi connectivity index (χ0n) is 18.4. The number of piperidine rings is 2. The third-order valence-corrected chi connectivity index (χ3v) is 9.27. The summed E-state index contributed by atoms with van der Waals surface area (Å²) in [5.74, 6) is 0. The molecule has 1 aliphatic carbocycles. The Kier molecular flexibility index (Phi) is 4.35. The summed E-state index contributed by atoms with van der Waals surface area (Å²) >= 11 is 0. The molecule has 3 fully saturated rings. The quantitative estimate of drug-likeness (QED) is 0.644. The lowest BCUT2D eigenvalue weighted by molar-refractivity contribution is -0.277. The molecule has 0 spiro atoms. The van der Waals surface area contributed by atoms with Crippen LogP contribution in [0, 0.1) is 5.41 Å². The van der Waals surface area contributed by atoms with E-state index in [9.17, 15) is 23.1 Å². The van der Waals surface area contributed by atoms with Gasteiger partial charge in [0, 0.05) is 42.9 Å². The Balaban J connectivity index is 1.45. The Morgan fingerprint density at radius 2 is 1.71 bits per heavy atom. The lowest BCUT2D eigenvalue weighted by Crippen LogP contribution is -2.68. The second-order valence-corrected chi connectivity index (χ2v) is 10.9. The molecule has 3 saturated heterocycles. The van der Waals surface area contributed by atoms with Crippen molar-refractivity contribution in [1.29, 1.82) is 0 Å². The number of carbonyl (C=O) groups is 1. The first-order valence-corrected chi connectivity index (χ1v) is 11.4. The van der Waals surface area contributed by atoms with Gasteiger partial charge in [-0.3, -0.25) is 0 Å². The lowest BCUT2D eigenvalue weighted by Gasteiger charge is -2.61. The molecule has 1 N–H and O–H groups in total. The number of aliphatic hydroxyl groups is 1. The van der Waals surface area contributed by atoms with Crippen LogP contribution in [0.1, 0.15) is 64.0 Å². The fourth-order valence-electron chi connectivity index (χ4n) is 7.02. The van der Waals surface area contributed by atoms with Gasteiger partial charge in [-0.15, -0.1) is 0 Å². The van der Waals surface area contributed by atoms with Crippen molar-refractivity contribution in [2.75, 3.05) is 6.54 Å². The normalized spacial score (nSPS) is 38.7. The number of likely N-dealkylation sites (tertiary alicyclic amines) is 1. The summed E-state index contributed by atoms with van der Waals surface area (Å²) in [7, 11) is 0. The number of amides is 2. The first-order valence-electron chi connectivity index (χ1n) is 11.4. The van der Waals surface area contributed by atoms with Gasteiger partial charge in [-0.1, -0.05) is 45.0 Å². The molecule has 0 saturated carbocycles. The molecule has 3 aliphatic heterocycles. The summed E-state index contributed by atoms with van der Waals surface area (Å²) in [5.41, 5.74) is -0.270. The number of hydrogen-bond acceptors (Lipinski definition) is 2. The Morgan fingerprint density at radius 3 is 2.32 bits per heavy atom. The van der Waals surface area contributed by atoms with Crippen molar-refractivity contribution in [3.63, 3.8) is 0 Å². The van der Waals surface area contributed by atoms with E-state index in [2.05, 4.69) is 39.0 Å². The first kappa shape index (κ1) is 21.1. The van der Waals surface area contributed by atoms with Crippen molar-refractivity contribution in [1.82, 2.24) is 9.80 Å². The molecule has 0 aromatic heterocycles. The molecule has 0 radical (unpaired) electrons. The van der Waals surface area contributed by atoms with Gasteiger partial charge in [0.15, 0.2) is 5.60 Å². The Hall–Kier alpha value is -1.76. The Morgan fingerprint density at radius 1 is 1.10 bits per heavy atom. The Labute approximate surface area is 181 Å². The molecule has 170 valence electrons. The largest absolute Gasteiger partial charge is 0.417 e. The summed E-state index contributed by atoms with van der Waals surface area (Å²) in [5, 5.41) is 10.3. The van der Waals surface area contributed by atoms with Crippen molar-refractivity contribution in [2.45, 2.75) is 94.6 Å². The number of carbonyl (C=O) groups excluding carboxylic acids is 1. The van der Waals surface area contributed by atoms with E-state index in [0.29, 0.717) is 19.4 Å². The molecule has 5 atom stereocenters. The second kappa shape index (κ2) is 6.40. The summed E-state index contributed by atoms with van der Waals surface area (Å²) in [6.45, 7) is 7.34. The van der Waals surface area contributed by atoms with Crippen molar-refractivity contribution in [3.8, 4) is 0 Å². The number of nitrogens with zero attached hydrogens (tertiary/aromatic N) is 2. The molecular formula is C24H31F3N2O2. The smallest absolute Gasteiger partial charge is 0.380 e. The molecule has 2 amide bonds. The minimum absolute atomic E-state index is 0.00326. The van der Waals surface area contributed by atoms with Crippen LogP contribution in [0.15, 0.2) is 24.3 Å². The minimum atomic E-state index is -4.66. The molecule has 0 unspecified atom stereocenters. The van der Waals surface area contributed by atoms with Crippen LogP contribution >= 0.6 is 0 Å². The molecule has 4 nitrogen and oxygen atoms in total. The van der Waals surface area contributed by atoms with Crippen molar-refractivity contribution in [2.24, 2.45) is 5.41 Å². The van der Waals surface area contributed by atoms with Gasteiger partial charge in [-0.2, -0.15) is 13.2 Å².